The third-order valence-electron chi connectivity index (χ3n) is 4.00. The van der Waals surface area contributed by atoms with Crippen molar-refractivity contribution in [2.75, 3.05) is 6.61 Å². The van der Waals surface area contributed by atoms with Crippen LogP contribution < -0.4 is 4.74 Å². The van der Waals surface area contributed by atoms with E-state index in [0.29, 0.717) is 18.1 Å². The first kappa shape index (κ1) is 11.5. The lowest BCUT2D eigenvalue weighted by Crippen LogP contribution is -2.10. The van der Waals surface area contributed by atoms with E-state index in [9.17, 15) is 4.79 Å². The van der Waals surface area contributed by atoms with Gasteiger partial charge in [0.15, 0.2) is 0 Å². The zero-order valence-electron chi connectivity index (χ0n) is 10.5. The van der Waals surface area contributed by atoms with Crippen LogP contribution in [0, 0.1) is 0 Å². The number of aldehydes is 1. The van der Waals surface area contributed by atoms with Crippen LogP contribution in [0.15, 0.2) is 23.8 Å². The Bertz CT molecular complexity index is 482. The van der Waals surface area contributed by atoms with Crippen LogP contribution in [-0.4, -0.2) is 12.9 Å². The lowest BCUT2D eigenvalue weighted by Gasteiger charge is -2.24. The Morgan fingerprint density at radius 2 is 2.00 bits per heavy atom. The fraction of sp³-hybridized carbons (Fsp3) is 0.438. The molecule has 0 radical (unpaired) electrons. The number of hydrogen-bond donors (Lipinski definition) is 0. The summed E-state index contributed by atoms with van der Waals surface area (Å²) < 4.78 is 5.66. The van der Waals surface area contributed by atoms with Crippen molar-refractivity contribution in [2.24, 2.45) is 0 Å². The van der Waals surface area contributed by atoms with Crippen LogP contribution in [0.4, 0.5) is 0 Å². The topological polar surface area (TPSA) is 26.3 Å². The molecule has 1 aromatic carbocycles. The molecule has 2 nitrogen and oxygen atoms in total. The smallest absolute Gasteiger partial charge is 0.149 e. The van der Waals surface area contributed by atoms with Gasteiger partial charge in [0, 0.05) is 11.1 Å². The van der Waals surface area contributed by atoms with E-state index in [2.05, 4.69) is 18.2 Å². The molecule has 0 bridgehead atoms. The van der Waals surface area contributed by atoms with Gasteiger partial charge in [-0.05, 0) is 36.5 Å². The fourth-order valence-electron chi connectivity index (χ4n) is 2.96. The summed E-state index contributed by atoms with van der Waals surface area (Å²) in [6.07, 6.45) is 9.47. The number of fused-ring (bicyclic) bond motifs is 1. The van der Waals surface area contributed by atoms with Crippen LogP contribution in [0.3, 0.4) is 0 Å². The minimum atomic E-state index is 0.407. The summed E-state index contributed by atoms with van der Waals surface area (Å²) in [5.41, 5.74) is 3.15. The van der Waals surface area contributed by atoms with Crippen molar-refractivity contribution in [3.8, 4) is 5.75 Å². The van der Waals surface area contributed by atoms with Gasteiger partial charge in [-0.2, -0.15) is 0 Å². The summed E-state index contributed by atoms with van der Waals surface area (Å²) in [4.78, 5) is 10.7. The molecule has 0 N–H and O–H groups in total. The first-order valence-corrected chi connectivity index (χ1v) is 6.79. The maximum Gasteiger partial charge on any atom is 0.149 e. The molecule has 0 atom stereocenters. The van der Waals surface area contributed by atoms with Crippen molar-refractivity contribution in [2.45, 2.75) is 38.0 Å². The van der Waals surface area contributed by atoms with E-state index in [4.69, 9.17) is 4.74 Å². The third kappa shape index (κ3) is 2.20. The first-order valence-electron chi connectivity index (χ1n) is 6.79. The Balaban J connectivity index is 1.87. The molecule has 2 heteroatoms. The van der Waals surface area contributed by atoms with Gasteiger partial charge in [-0.25, -0.2) is 0 Å². The van der Waals surface area contributed by atoms with E-state index in [0.717, 1.165) is 17.6 Å². The van der Waals surface area contributed by atoms with E-state index in [1.54, 1.807) is 0 Å². The lowest BCUT2D eigenvalue weighted by atomic mass is 9.83. The van der Waals surface area contributed by atoms with Crippen LogP contribution >= 0.6 is 0 Å². The summed E-state index contributed by atoms with van der Waals surface area (Å²) >= 11 is 0. The summed E-state index contributed by atoms with van der Waals surface area (Å²) in [5.74, 6) is 1.63. The predicted molar refractivity (Wildman–Crippen MR) is 71.8 cm³/mol. The zero-order valence-corrected chi connectivity index (χ0v) is 10.5. The Morgan fingerprint density at radius 1 is 1.17 bits per heavy atom. The number of ether oxygens (including phenoxy) is 1. The summed E-state index contributed by atoms with van der Waals surface area (Å²) in [5, 5.41) is 0. The Morgan fingerprint density at radius 3 is 2.78 bits per heavy atom. The fourth-order valence-corrected chi connectivity index (χ4v) is 2.96. The molecule has 0 amide bonds. The Hall–Kier alpha value is -1.57. The van der Waals surface area contributed by atoms with Gasteiger partial charge in [-0.1, -0.05) is 31.4 Å². The normalized spacial score (nSPS) is 19.7. The molecule has 1 heterocycles. The largest absolute Gasteiger partial charge is 0.488 e. The van der Waals surface area contributed by atoms with Gasteiger partial charge in [-0.3, -0.25) is 4.79 Å². The quantitative estimate of drug-likeness (QED) is 0.739. The van der Waals surface area contributed by atoms with Gasteiger partial charge in [-0.15, -0.1) is 0 Å². The summed E-state index contributed by atoms with van der Waals surface area (Å²) in [7, 11) is 0. The molecule has 18 heavy (non-hydrogen) atoms. The molecule has 1 fully saturated rings. The molecule has 3 rings (SSSR count). The maximum atomic E-state index is 10.7. The molecule has 0 spiro atoms. The van der Waals surface area contributed by atoms with Crippen LogP contribution in [0.2, 0.25) is 0 Å². The van der Waals surface area contributed by atoms with E-state index in [1.165, 1.54) is 37.7 Å². The van der Waals surface area contributed by atoms with E-state index >= 15 is 0 Å². The number of carbonyl (C=O) groups excluding carboxylic acids is 1. The first-order chi connectivity index (χ1) is 8.86. The number of benzene rings is 1. The van der Waals surface area contributed by atoms with E-state index < -0.39 is 0 Å². The van der Waals surface area contributed by atoms with E-state index in [-0.39, 0.29) is 0 Å². The Labute approximate surface area is 108 Å². The minimum Gasteiger partial charge on any atom is -0.488 e. The maximum absolute atomic E-state index is 10.7. The highest BCUT2D eigenvalue weighted by atomic mass is 16.5. The molecule has 1 aliphatic heterocycles. The van der Waals surface area contributed by atoms with Crippen molar-refractivity contribution in [3.63, 3.8) is 0 Å². The summed E-state index contributed by atoms with van der Waals surface area (Å²) in [6, 6.07) is 6.45. The standard InChI is InChI=1S/C16H18O2/c17-10-12-8-15-7-6-14(9-16(15)18-11-12)13-4-2-1-3-5-13/h6-10,13H,1-5,11H2. The molecule has 1 saturated carbocycles. The highest BCUT2D eigenvalue weighted by molar-refractivity contribution is 5.84. The molecular formula is C16H18O2. The van der Waals surface area contributed by atoms with Gasteiger partial charge >= 0.3 is 0 Å². The number of hydrogen-bond acceptors (Lipinski definition) is 2. The molecule has 2 aliphatic rings. The van der Waals surface area contributed by atoms with Crippen molar-refractivity contribution in [3.05, 3.63) is 34.9 Å². The van der Waals surface area contributed by atoms with Crippen LogP contribution in [0.1, 0.15) is 49.1 Å². The van der Waals surface area contributed by atoms with Crippen LogP contribution in [-0.2, 0) is 4.79 Å². The van der Waals surface area contributed by atoms with Gasteiger partial charge in [0.25, 0.3) is 0 Å². The van der Waals surface area contributed by atoms with Gasteiger partial charge in [0.2, 0.25) is 0 Å². The second-order valence-corrected chi connectivity index (χ2v) is 5.26. The van der Waals surface area contributed by atoms with Crippen molar-refractivity contribution < 1.29 is 9.53 Å². The molecule has 1 aliphatic carbocycles. The number of rotatable bonds is 2. The molecule has 1 aromatic rings. The number of carbonyl (C=O) groups is 1. The van der Waals surface area contributed by atoms with Crippen LogP contribution in [0.25, 0.3) is 6.08 Å². The molecule has 0 saturated heterocycles. The highest BCUT2D eigenvalue weighted by Gasteiger charge is 2.18. The summed E-state index contributed by atoms with van der Waals surface area (Å²) in [6.45, 7) is 0.407. The van der Waals surface area contributed by atoms with Gasteiger partial charge < -0.3 is 4.74 Å². The molecule has 0 aromatic heterocycles. The molecule has 0 unspecified atom stereocenters. The average molecular weight is 242 g/mol. The zero-order chi connectivity index (χ0) is 12.4. The Kier molecular flexibility index (Phi) is 3.18. The molecule has 94 valence electrons. The van der Waals surface area contributed by atoms with Gasteiger partial charge in [0.1, 0.15) is 18.6 Å². The van der Waals surface area contributed by atoms with Crippen molar-refractivity contribution in [1.29, 1.82) is 0 Å². The van der Waals surface area contributed by atoms with Crippen molar-refractivity contribution >= 4 is 12.4 Å². The third-order valence-corrected chi connectivity index (χ3v) is 4.00. The second-order valence-electron chi connectivity index (χ2n) is 5.26. The lowest BCUT2D eigenvalue weighted by molar-refractivity contribution is -0.105. The molecular weight excluding hydrogens is 224 g/mol. The highest BCUT2D eigenvalue weighted by Crippen LogP contribution is 2.36. The monoisotopic (exact) mass is 242 g/mol. The van der Waals surface area contributed by atoms with Crippen LogP contribution in [0.5, 0.6) is 5.75 Å². The van der Waals surface area contributed by atoms with E-state index in [1.807, 2.05) is 6.08 Å². The SMILES string of the molecule is O=CC1=Cc2ccc(C3CCCCC3)cc2OC1. The average Bonchev–Trinajstić information content (AvgIpc) is 2.47. The minimum absolute atomic E-state index is 0.407. The second kappa shape index (κ2) is 4.97. The van der Waals surface area contributed by atoms with Crippen molar-refractivity contribution in [1.82, 2.24) is 0 Å². The van der Waals surface area contributed by atoms with Gasteiger partial charge in [0.05, 0.1) is 0 Å². The predicted octanol–water partition coefficient (Wildman–Crippen LogP) is 3.71.